The number of aliphatic carboxylic acids is 1. The zero-order chi connectivity index (χ0) is 13.1. The Morgan fingerprint density at radius 2 is 2.06 bits per heavy atom. The maximum absolute atomic E-state index is 12.9. The first-order chi connectivity index (χ1) is 8.63. The summed E-state index contributed by atoms with van der Waals surface area (Å²) in [6.07, 6.45) is 1.02. The molecule has 0 aromatic heterocycles. The van der Waals surface area contributed by atoms with Gasteiger partial charge in [-0.15, -0.1) is 0 Å². The van der Waals surface area contributed by atoms with Crippen LogP contribution in [-0.4, -0.2) is 17.1 Å². The Hall–Kier alpha value is -2.07. The van der Waals surface area contributed by atoms with Gasteiger partial charge in [0.05, 0.1) is 5.92 Å². The maximum Gasteiger partial charge on any atom is 0.307 e. The molecule has 6 heteroatoms. The molecule has 0 amide bonds. The fourth-order valence-corrected chi connectivity index (χ4v) is 2.59. The zero-order valence-electron chi connectivity index (χ0n) is 9.53. The van der Waals surface area contributed by atoms with Crippen molar-refractivity contribution in [2.75, 3.05) is 0 Å². The van der Waals surface area contributed by atoms with Gasteiger partial charge in [-0.1, -0.05) is 17.2 Å². The van der Waals surface area contributed by atoms with E-state index in [1.54, 1.807) is 12.1 Å². The van der Waals surface area contributed by atoms with Crippen molar-refractivity contribution < 1.29 is 14.3 Å². The summed E-state index contributed by atoms with van der Waals surface area (Å²) in [5, 5.41) is 12.8. The fraction of sp³-hybridized carbons (Fsp3) is 0.417. The predicted molar refractivity (Wildman–Crippen MR) is 62.4 cm³/mol. The highest BCUT2D eigenvalue weighted by Gasteiger charge is 2.40. The van der Waals surface area contributed by atoms with E-state index in [4.69, 9.17) is 5.53 Å². The van der Waals surface area contributed by atoms with E-state index in [9.17, 15) is 14.3 Å². The molecule has 0 aliphatic heterocycles. The van der Waals surface area contributed by atoms with Gasteiger partial charge in [0.25, 0.3) is 0 Å². The molecule has 0 unspecified atom stereocenters. The Bertz CT molecular complexity index is 487. The second kappa shape index (κ2) is 5.06. The molecule has 5 nitrogen and oxygen atoms in total. The van der Waals surface area contributed by atoms with Crippen molar-refractivity contribution >= 4 is 5.97 Å². The van der Waals surface area contributed by atoms with Crippen LogP contribution in [0.25, 0.3) is 10.4 Å². The molecule has 0 heterocycles. The van der Waals surface area contributed by atoms with Crippen molar-refractivity contribution in [3.8, 4) is 0 Å². The average molecular weight is 249 g/mol. The molecule has 0 spiro atoms. The molecule has 2 rings (SSSR count). The zero-order valence-corrected chi connectivity index (χ0v) is 9.53. The molecule has 3 atom stereocenters. The van der Waals surface area contributed by atoms with E-state index in [1.807, 2.05) is 0 Å². The largest absolute Gasteiger partial charge is 0.481 e. The summed E-state index contributed by atoms with van der Waals surface area (Å²) in [6.45, 7) is 0. The smallest absolute Gasteiger partial charge is 0.307 e. The third-order valence-corrected chi connectivity index (χ3v) is 3.39. The number of carbonyl (C=O) groups is 1. The summed E-state index contributed by atoms with van der Waals surface area (Å²) < 4.78 is 12.9. The minimum atomic E-state index is -0.903. The van der Waals surface area contributed by atoms with Crippen LogP contribution in [0.15, 0.2) is 29.4 Å². The summed E-state index contributed by atoms with van der Waals surface area (Å²) in [6, 6.07) is 5.32. The molecule has 18 heavy (non-hydrogen) atoms. The Kier molecular flexibility index (Phi) is 3.48. The van der Waals surface area contributed by atoms with Crippen LogP contribution in [-0.2, 0) is 4.79 Å². The van der Waals surface area contributed by atoms with Gasteiger partial charge in [-0.05, 0) is 36.1 Å². The monoisotopic (exact) mass is 249 g/mol. The van der Waals surface area contributed by atoms with Crippen LogP contribution in [0.1, 0.15) is 24.3 Å². The number of benzene rings is 1. The lowest BCUT2D eigenvalue weighted by molar-refractivity contribution is -0.142. The SMILES string of the molecule is [N-]=[N+]=N[C@H]1CC[C@@H](C(=O)O)[C@@H]1c1ccc(F)cc1. The van der Waals surface area contributed by atoms with Crippen LogP contribution in [0.5, 0.6) is 0 Å². The first-order valence-corrected chi connectivity index (χ1v) is 5.66. The van der Waals surface area contributed by atoms with Gasteiger partial charge in [-0.25, -0.2) is 4.39 Å². The van der Waals surface area contributed by atoms with E-state index in [1.165, 1.54) is 12.1 Å². The molecule has 1 aliphatic carbocycles. The maximum atomic E-state index is 12.9. The Morgan fingerprint density at radius 1 is 1.39 bits per heavy atom. The molecule has 1 N–H and O–H groups in total. The number of nitrogens with zero attached hydrogens (tertiary/aromatic N) is 3. The van der Waals surface area contributed by atoms with Crippen LogP contribution in [0.2, 0.25) is 0 Å². The van der Waals surface area contributed by atoms with Crippen molar-refractivity contribution in [3.63, 3.8) is 0 Å². The van der Waals surface area contributed by atoms with Crippen LogP contribution < -0.4 is 0 Å². The standard InChI is InChI=1S/C12H12FN3O2/c13-8-3-1-7(2-4-8)11-9(12(17)18)5-6-10(11)15-16-14/h1-4,9-11H,5-6H2,(H,17,18)/t9-,10+,11+/m1/s1. The van der Waals surface area contributed by atoms with E-state index in [-0.39, 0.29) is 17.8 Å². The second-order valence-electron chi connectivity index (χ2n) is 4.37. The van der Waals surface area contributed by atoms with Crippen molar-refractivity contribution in [1.29, 1.82) is 0 Å². The van der Waals surface area contributed by atoms with E-state index < -0.39 is 11.9 Å². The quantitative estimate of drug-likeness (QED) is 0.507. The van der Waals surface area contributed by atoms with Gasteiger partial charge in [0, 0.05) is 16.9 Å². The molecule has 1 saturated carbocycles. The van der Waals surface area contributed by atoms with Gasteiger partial charge in [-0.2, -0.15) is 0 Å². The lowest BCUT2D eigenvalue weighted by Crippen LogP contribution is -2.22. The lowest BCUT2D eigenvalue weighted by Gasteiger charge is -2.20. The van der Waals surface area contributed by atoms with E-state index in [2.05, 4.69) is 10.0 Å². The van der Waals surface area contributed by atoms with E-state index in [0.717, 1.165) is 0 Å². The average Bonchev–Trinajstić information content (AvgIpc) is 2.75. The number of carboxylic acid groups (broad SMARTS) is 1. The minimum absolute atomic E-state index is 0.371. The Morgan fingerprint density at radius 3 is 2.61 bits per heavy atom. The summed E-state index contributed by atoms with van der Waals surface area (Å²) in [5.41, 5.74) is 9.22. The minimum Gasteiger partial charge on any atom is -0.481 e. The number of azide groups is 1. The van der Waals surface area contributed by atoms with Gasteiger partial charge < -0.3 is 5.11 Å². The number of halogens is 1. The Labute approximate surface area is 103 Å². The molecule has 1 aromatic rings. The highest BCUT2D eigenvalue weighted by molar-refractivity contribution is 5.72. The summed E-state index contributed by atoms with van der Waals surface area (Å²) >= 11 is 0. The van der Waals surface area contributed by atoms with E-state index >= 15 is 0 Å². The van der Waals surface area contributed by atoms with Crippen molar-refractivity contribution in [1.82, 2.24) is 0 Å². The van der Waals surface area contributed by atoms with Crippen LogP contribution >= 0.6 is 0 Å². The normalized spacial score (nSPS) is 26.6. The van der Waals surface area contributed by atoms with Crippen LogP contribution in [0.3, 0.4) is 0 Å². The molecule has 1 aromatic carbocycles. The second-order valence-corrected chi connectivity index (χ2v) is 4.37. The third-order valence-electron chi connectivity index (χ3n) is 3.39. The predicted octanol–water partition coefficient (Wildman–Crippen LogP) is 3.08. The van der Waals surface area contributed by atoms with E-state index in [0.29, 0.717) is 18.4 Å². The molecule has 1 aliphatic rings. The number of carboxylic acids is 1. The van der Waals surface area contributed by atoms with Gasteiger partial charge in [-0.3, -0.25) is 4.79 Å². The number of hydrogen-bond acceptors (Lipinski definition) is 2. The Balaban J connectivity index is 2.36. The highest BCUT2D eigenvalue weighted by atomic mass is 19.1. The first kappa shape index (κ1) is 12.4. The third kappa shape index (κ3) is 2.28. The van der Waals surface area contributed by atoms with Crippen molar-refractivity contribution in [2.45, 2.75) is 24.8 Å². The number of rotatable bonds is 3. The highest BCUT2D eigenvalue weighted by Crippen LogP contribution is 2.41. The molecular formula is C12H12FN3O2. The number of hydrogen-bond donors (Lipinski definition) is 1. The fourth-order valence-electron chi connectivity index (χ4n) is 2.59. The van der Waals surface area contributed by atoms with Gasteiger partial charge in [0.15, 0.2) is 0 Å². The summed E-state index contributed by atoms with van der Waals surface area (Å²) in [7, 11) is 0. The molecular weight excluding hydrogens is 237 g/mol. The van der Waals surface area contributed by atoms with Crippen LogP contribution in [0, 0.1) is 11.7 Å². The van der Waals surface area contributed by atoms with Crippen molar-refractivity contribution in [2.24, 2.45) is 11.0 Å². The van der Waals surface area contributed by atoms with Gasteiger partial charge >= 0.3 is 5.97 Å². The molecule has 0 saturated heterocycles. The van der Waals surface area contributed by atoms with Gasteiger partial charge in [0.2, 0.25) is 0 Å². The van der Waals surface area contributed by atoms with Crippen molar-refractivity contribution in [3.05, 3.63) is 46.1 Å². The molecule has 1 fully saturated rings. The summed E-state index contributed by atoms with van der Waals surface area (Å²) in [4.78, 5) is 14.0. The molecule has 0 radical (unpaired) electrons. The molecule has 0 bridgehead atoms. The van der Waals surface area contributed by atoms with Gasteiger partial charge in [0.1, 0.15) is 5.82 Å². The lowest BCUT2D eigenvalue weighted by atomic mass is 9.87. The topological polar surface area (TPSA) is 86.1 Å². The molecule has 94 valence electrons. The first-order valence-electron chi connectivity index (χ1n) is 5.66. The van der Waals surface area contributed by atoms with Crippen LogP contribution in [0.4, 0.5) is 4.39 Å². The summed E-state index contributed by atoms with van der Waals surface area (Å²) in [5.74, 6) is -2.23.